The summed E-state index contributed by atoms with van der Waals surface area (Å²) < 4.78 is 4.83. The van der Waals surface area contributed by atoms with Gasteiger partial charge in [0, 0.05) is 0 Å². The van der Waals surface area contributed by atoms with E-state index in [9.17, 15) is 0 Å². The second-order valence-electron chi connectivity index (χ2n) is 2.64. The lowest BCUT2D eigenvalue weighted by molar-refractivity contribution is 0.284. The molecular formula is C9H12N2O. The summed E-state index contributed by atoms with van der Waals surface area (Å²) in [5.41, 5.74) is 7.26. The highest BCUT2D eigenvalue weighted by Crippen LogP contribution is 2.03. The van der Waals surface area contributed by atoms with Gasteiger partial charge in [0.1, 0.15) is 6.61 Å². The fraction of sp³-hybridized carbons (Fsp3) is 0.222. The normalized spacial score (nSPS) is 9.42. The van der Waals surface area contributed by atoms with Gasteiger partial charge in [-0.15, -0.1) is 0 Å². The first-order chi connectivity index (χ1) is 5.68. The van der Waals surface area contributed by atoms with Gasteiger partial charge in [-0.05, 0) is 12.5 Å². The van der Waals surface area contributed by atoms with Crippen LogP contribution >= 0.6 is 0 Å². The molecule has 3 nitrogen and oxygen atoms in total. The fourth-order valence-electron chi connectivity index (χ4n) is 0.845. The SMILES string of the molecule is Cc1ccc(COC(=N)N)cc1. The predicted octanol–water partition coefficient (Wildman–Crippen LogP) is 1.41. The van der Waals surface area contributed by atoms with E-state index in [0.717, 1.165) is 5.56 Å². The van der Waals surface area contributed by atoms with Gasteiger partial charge < -0.3 is 10.5 Å². The molecule has 0 aliphatic heterocycles. The lowest BCUT2D eigenvalue weighted by Crippen LogP contribution is -2.13. The van der Waals surface area contributed by atoms with Crippen LogP contribution in [-0.2, 0) is 11.3 Å². The second-order valence-corrected chi connectivity index (χ2v) is 2.64. The Hall–Kier alpha value is -1.51. The Morgan fingerprint density at radius 3 is 2.50 bits per heavy atom. The van der Waals surface area contributed by atoms with Crippen molar-refractivity contribution in [3.63, 3.8) is 0 Å². The topological polar surface area (TPSA) is 59.1 Å². The number of nitrogens with one attached hydrogen (secondary N) is 1. The van der Waals surface area contributed by atoms with Crippen LogP contribution in [0.4, 0.5) is 0 Å². The highest BCUT2D eigenvalue weighted by molar-refractivity contribution is 5.67. The third-order valence-electron chi connectivity index (χ3n) is 1.51. The lowest BCUT2D eigenvalue weighted by atomic mass is 10.2. The van der Waals surface area contributed by atoms with E-state index in [1.807, 2.05) is 31.2 Å². The zero-order chi connectivity index (χ0) is 8.97. The molecule has 0 amide bonds. The first-order valence-corrected chi connectivity index (χ1v) is 3.71. The molecule has 1 aromatic carbocycles. The molecule has 0 aromatic heterocycles. The molecule has 0 saturated heterocycles. The van der Waals surface area contributed by atoms with Crippen molar-refractivity contribution in [2.45, 2.75) is 13.5 Å². The third kappa shape index (κ3) is 2.62. The number of nitrogens with two attached hydrogens (primary N) is 1. The first-order valence-electron chi connectivity index (χ1n) is 3.71. The fourth-order valence-corrected chi connectivity index (χ4v) is 0.845. The highest BCUT2D eigenvalue weighted by Gasteiger charge is 1.93. The van der Waals surface area contributed by atoms with Crippen LogP contribution in [0.1, 0.15) is 11.1 Å². The van der Waals surface area contributed by atoms with Crippen molar-refractivity contribution in [2.24, 2.45) is 5.73 Å². The van der Waals surface area contributed by atoms with E-state index in [2.05, 4.69) is 0 Å². The van der Waals surface area contributed by atoms with Crippen molar-refractivity contribution >= 4 is 6.02 Å². The molecule has 0 saturated carbocycles. The standard InChI is InChI=1S/C9H12N2O/c1-7-2-4-8(5-3-7)6-12-9(10)11/h2-5H,6H2,1H3,(H3,10,11). The van der Waals surface area contributed by atoms with Crippen LogP contribution in [0.3, 0.4) is 0 Å². The van der Waals surface area contributed by atoms with Gasteiger partial charge in [-0.2, -0.15) is 0 Å². The molecule has 3 N–H and O–H groups in total. The van der Waals surface area contributed by atoms with Crippen LogP contribution < -0.4 is 5.73 Å². The summed E-state index contributed by atoms with van der Waals surface area (Å²) >= 11 is 0. The number of hydrogen-bond acceptors (Lipinski definition) is 2. The van der Waals surface area contributed by atoms with Crippen molar-refractivity contribution in [2.75, 3.05) is 0 Å². The lowest BCUT2D eigenvalue weighted by Gasteiger charge is -2.02. The van der Waals surface area contributed by atoms with E-state index in [4.69, 9.17) is 15.9 Å². The molecule has 1 rings (SSSR count). The molecule has 64 valence electrons. The van der Waals surface area contributed by atoms with Crippen molar-refractivity contribution < 1.29 is 4.74 Å². The highest BCUT2D eigenvalue weighted by atomic mass is 16.5. The number of rotatable bonds is 2. The van der Waals surface area contributed by atoms with Gasteiger partial charge in [-0.25, -0.2) is 0 Å². The van der Waals surface area contributed by atoms with Crippen molar-refractivity contribution in [3.05, 3.63) is 35.4 Å². The third-order valence-corrected chi connectivity index (χ3v) is 1.51. The number of benzene rings is 1. The Morgan fingerprint density at radius 1 is 1.42 bits per heavy atom. The molecular weight excluding hydrogens is 152 g/mol. The molecule has 0 bridgehead atoms. The number of hydrogen-bond donors (Lipinski definition) is 2. The van der Waals surface area contributed by atoms with E-state index in [0.29, 0.717) is 6.61 Å². The van der Waals surface area contributed by atoms with Gasteiger partial charge in [0.05, 0.1) is 0 Å². The molecule has 3 heteroatoms. The minimum atomic E-state index is -0.240. The Kier molecular flexibility index (Phi) is 2.69. The Balaban J connectivity index is 2.53. The van der Waals surface area contributed by atoms with E-state index < -0.39 is 0 Å². The molecule has 1 aromatic rings. The predicted molar refractivity (Wildman–Crippen MR) is 47.9 cm³/mol. The number of ether oxygens (including phenoxy) is 1. The van der Waals surface area contributed by atoms with Crippen LogP contribution in [0.5, 0.6) is 0 Å². The first kappa shape index (κ1) is 8.59. The molecule has 12 heavy (non-hydrogen) atoms. The maximum atomic E-state index is 6.84. The van der Waals surface area contributed by atoms with E-state index in [-0.39, 0.29) is 6.02 Å². The molecule has 0 atom stereocenters. The summed E-state index contributed by atoms with van der Waals surface area (Å²) in [6.45, 7) is 2.39. The quantitative estimate of drug-likeness (QED) is 0.512. The minimum absolute atomic E-state index is 0.240. The Bertz CT molecular complexity index is 266. The second kappa shape index (κ2) is 3.76. The molecule has 0 aliphatic carbocycles. The van der Waals surface area contributed by atoms with Crippen molar-refractivity contribution in [1.29, 1.82) is 5.41 Å². The van der Waals surface area contributed by atoms with Gasteiger partial charge in [0.15, 0.2) is 0 Å². The summed E-state index contributed by atoms with van der Waals surface area (Å²) in [6.07, 6.45) is 0. The zero-order valence-electron chi connectivity index (χ0n) is 7.00. The summed E-state index contributed by atoms with van der Waals surface area (Å²) in [6, 6.07) is 7.67. The van der Waals surface area contributed by atoms with Crippen LogP contribution in [-0.4, -0.2) is 6.02 Å². The number of aryl methyl sites for hydroxylation is 1. The van der Waals surface area contributed by atoms with Gasteiger partial charge in [0.2, 0.25) is 0 Å². The Labute approximate surface area is 71.7 Å². The van der Waals surface area contributed by atoms with Gasteiger partial charge in [0.25, 0.3) is 6.02 Å². The van der Waals surface area contributed by atoms with E-state index in [1.165, 1.54) is 5.56 Å². The van der Waals surface area contributed by atoms with Crippen molar-refractivity contribution in [3.8, 4) is 0 Å². The van der Waals surface area contributed by atoms with E-state index >= 15 is 0 Å². The van der Waals surface area contributed by atoms with Crippen LogP contribution in [0.25, 0.3) is 0 Å². The van der Waals surface area contributed by atoms with E-state index in [1.54, 1.807) is 0 Å². The molecule has 0 aliphatic rings. The van der Waals surface area contributed by atoms with Crippen LogP contribution in [0.2, 0.25) is 0 Å². The summed E-state index contributed by atoms with van der Waals surface area (Å²) in [7, 11) is 0. The van der Waals surface area contributed by atoms with Crippen LogP contribution in [0, 0.1) is 12.3 Å². The molecule has 0 unspecified atom stereocenters. The monoisotopic (exact) mass is 164 g/mol. The molecule has 0 spiro atoms. The molecule has 0 radical (unpaired) electrons. The number of amidine groups is 1. The summed E-state index contributed by atoms with van der Waals surface area (Å²) in [4.78, 5) is 0. The summed E-state index contributed by atoms with van der Waals surface area (Å²) in [5, 5.41) is 6.84. The zero-order valence-corrected chi connectivity index (χ0v) is 7.00. The molecule has 0 heterocycles. The average Bonchev–Trinajstić information content (AvgIpc) is 2.03. The summed E-state index contributed by atoms with van der Waals surface area (Å²) in [5.74, 6) is 0. The smallest absolute Gasteiger partial charge is 0.279 e. The largest absolute Gasteiger partial charge is 0.461 e. The average molecular weight is 164 g/mol. The van der Waals surface area contributed by atoms with Crippen molar-refractivity contribution in [1.82, 2.24) is 0 Å². The molecule has 0 fully saturated rings. The van der Waals surface area contributed by atoms with Gasteiger partial charge in [-0.3, -0.25) is 5.41 Å². The van der Waals surface area contributed by atoms with Gasteiger partial charge >= 0.3 is 0 Å². The van der Waals surface area contributed by atoms with Gasteiger partial charge in [-0.1, -0.05) is 29.8 Å². The minimum Gasteiger partial charge on any atom is -0.461 e. The maximum absolute atomic E-state index is 6.84. The Morgan fingerprint density at radius 2 is 2.00 bits per heavy atom. The van der Waals surface area contributed by atoms with Crippen LogP contribution in [0.15, 0.2) is 24.3 Å². The maximum Gasteiger partial charge on any atom is 0.279 e.